The third kappa shape index (κ3) is 2.94. The smallest absolute Gasteiger partial charge is 0.261 e. The summed E-state index contributed by atoms with van der Waals surface area (Å²) in [7, 11) is 0. The Morgan fingerprint density at radius 2 is 1.96 bits per heavy atom. The van der Waals surface area contributed by atoms with Gasteiger partial charge in [0.2, 0.25) is 0 Å². The number of benzene rings is 1. The average Bonchev–Trinajstić information content (AvgIpc) is 3.15. The Balaban J connectivity index is 1.49. The molecule has 1 amide bonds. The van der Waals surface area contributed by atoms with E-state index in [4.69, 9.17) is 0 Å². The first kappa shape index (κ1) is 16.7. The van der Waals surface area contributed by atoms with Crippen molar-refractivity contribution in [2.45, 2.75) is 27.2 Å². The number of nitrogens with zero attached hydrogens (tertiary/aromatic N) is 3. The summed E-state index contributed by atoms with van der Waals surface area (Å²) >= 11 is 1.42. The number of aryl methyl sites for hydroxylation is 3. The van der Waals surface area contributed by atoms with Crippen molar-refractivity contribution in [1.82, 2.24) is 25.3 Å². The number of carbonyl (C=O) groups excluding carboxylic acids is 1. The molecule has 0 aliphatic rings. The fraction of sp³-hybridized carbons (Fsp3) is 0.263. The highest BCUT2D eigenvalue weighted by Gasteiger charge is 2.18. The third-order valence-electron chi connectivity index (χ3n) is 4.37. The lowest BCUT2D eigenvalue weighted by Crippen LogP contribution is -2.25. The maximum Gasteiger partial charge on any atom is 0.261 e. The van der Waals surface area contributed by atoms with Gasteiger partial charge in [-0.2, -0.15) is 0 Å². The van der Waals surface area contributed by atoms with Gasteiger partial charge < -0.3 is 10.3 Å². The Kier molecular flexibility index (Phi) is 4.16. The van der Waals surface area contributed by atoms with Crippen LogP contribution in [0.25, 0.3) is 21.3 Å². The Bertz CT molecular complexity index is 1090. The van der Waals surface area contributed by atoms with Gasteiger partial charge in [-0.15, -0.1) is 11.3 Å². The Hall–Kier alpha value is -2.80. The van der Waals surface area contributed by atoms with Crippen molar-refractivity contribution in [1.29, 1.82) is 0 Å². The van der Waals surface area contributed by atoms with E-state index in [2.05, 4.69) is 25.3 Å². The summed E-state index contributed by atoms with van der Waals surface area (Å²) < 4.78 is 0. The van der Waals surface area contributed by atoms with Gasteiger partial charge in [0.05, 0.1) is 15.9 Å². The molecule has 0 fully saturated rings. The standard InChI is InChI=1S/C19H19N5OS/c1-10-16-11(2)21-12(3)22-19(16)26-17(10)18(25)20-9-8-15-23-13-6-4-5-7-14(13)24-15/h4-7H,8-9H2,1-3H3,(H,20,25)(H,23,24). The maximum absolute atomic E-state index is 12.6. The highest BCUT2D eigenvalue weighted by molar-refractivity contribution is 7.20. The van der Waals surface area contributed by atoms with Crippen LogP contribution >= 0.6 is 11.3 Å². The SMILES string of the molecule is Cc1nc(C)c2c(C)c(C(=O)NCCc3nc4ccccc4[nH]3)sc2n1. The summed E-state index contributed by atoms with van der Waals surface area (Å²) in [6, 6.07) is 7.91. The molecule has 0 aliphatic heterocycles. The van der Waals surface area contributed by atoms with Crippen molar-refractivity contribution < 1.29 is 4.79 Å². The number of aromatic nitrogens is 4. The maximum atomic E-state index is 12.6. The minimum atomic E-state index is -0.0707. The third-order valence-corrected chi connectivity index (χ3v) is 5.56. The molecule has 4 rings (SSSR count). The number of hydrogen-bond acceptors (Lipinski definition) is 5. The van der Waals surface area contributed by atoms with Crippen LogP contribution in [0.4, 0.5) is 0 Å². The van der Waals surface area contributed by atoms with E-state index in [0.717, 1.165) is 44.2 Å². The van der Waals surface area contributed by atoms with Crippen molar-refractivity contribution in [3.8, 4) is 0 Å². The number of carbonyl (C=O) groups is 1. The largest absolute Gasteiger partial charge is 0.351 e. The number of H-pyrrole nitrogens is 1. The van der Waals surface area contributed by atoms with E-state index in [0.29, 0.717) is 17.8 Å². The average molecular weight is 365 g/mol. The van der Waals surface area contributed by atoms with Crippen LogP contribution < -0.4 is 5.32 Å². The van der Waals surface area contributed by atoms with Crippen LogP contribution in [0.5, 0.6) is 0 Å². The van der Waals surface area contributed by atoms with Crippen molar-refractivity contribution in [2.75, 3.05) is 6.54 Å². The van der Waals surface area contributed by atoms with Crippen LogP contribution in [0.1, 0.15) is 32.6 Å². The number of nitrogens with one attached hydrogen (secondary N) is 2. The van der Waals surface area contributed by atoms with E-state index < -0.39 is 0 Å². The monoisotopic (exact) mass is 365 g/mol. The van der Waals surface area contributed by atoms with E-state index in [-0.39, 0.29) is 5.91 Å². The normalized spacial score (nSPS) is 11.3. The highest BCUT2D eigenvalue weighted by Crippen LogP contribution is 2.31. The van der Waals surface area contributed by atoms with Gasteiger partial charge in [0.25, 0.3) is 5.91 Å². The van der Waals surface area contributed by atoms with Gasteiger partial charge in [-0.3, -0.25) is 4.79 Å². The van der Waals surface area contributed by atoms with Crippen molar-refractivity contribution >= 4 is 38.5 Å². The number of amides is 1. The molecule has 0 atom stereocenters. The van der Waals surface area contributed by atoms with Crippen LogP contribution in [-0.2, 0) is 6.42 Å². The first-order chi connectivity index (χ1) is 12.5. The summed E-state index contributed by atoms with van der Waals surface area (Å²) in [5, 5.41) is 3.98. The zero-order valence-corrected chi connectivity index (χ0v) is 15.7. The summed E-state index contributed by atoms with van der Waals surface area (Å²) in [6.07, 6.45) is 0.655. The number of rotatable bonds is 4. The predicted molar refractivity (Wildman–Crippen MR) is 104 cm³/mol. The molecule has 26 heavy (non-hydrogen) atoms. The number of aromatic amines is 1. The molecule has 0 saturated carbocycles. The van der Waals surface area contributed by atoms with Gasteiger partial charge in [-0.25, -0.2) is 15.0 Å². The van der Waals surface area contributed by atoms with Crippen molar-refractivity contribution in [3.05, 3.63) is 52.0 Å². The molecule has 0 bridgehead atoms. The van der Waals surface area contributed by atoms with E-state index in [1.54, 1.807) is 0 Å². The molecular weight excluding hydrogens is 346 g/mol. The summed E-state index contributed by atoms with van der Waals surface area (Å²) in [6.45, 7) is 6.31. The minimum absolute atomic E-state index is 0.0707. The van der Waals surface area contributed by atoms with Gasteiger partial charge >= 0.3 is 0 Å². The molecule has 2 N–H and O–H groups in total. The Morgan fingerprint density at radius 1 is 1.15 bits per heavy atom. The highest BCUT2D eigenvalue weighted by atomic mass is 32.1. The zero-order valence-electron chi connectivity index (χ0n) is 14.9. The van der Waals surface area contributed by atoms with Gasteiger partial charge in [0.1, 0.15) is 16.5 Å². The lowest BCUT2D eigenvalue weighted by molar-refractivity contribution is 0.0957. The van der Waals surface area contributed by atoms with Gasteiger partial charge in [0.15, 0.2) is 0 Å². The van der Waals surface area contributed by atoms with Gasteiger partial charge in [-0.05, 0) is 38.5 Å². The van der Waals surface area contributed by atoms with E-state index in [1.165, 1.54) is 11.3 Å². The van der Waals surface area contributed by atoms with E-state index >= 15 is 0 Å². The second-order valence-electron chi connectivity index (χ2n) is 6.30. The zero-order chi connectivity index (χ0) is 18.3. The van der Waals surface area contributed by atoms with Crippen LogP contribution in [0.2, 0.25) is 0 Å². The lowest BCUT2D eigenvalue weighted by Gasteiger charge is -2.03. The quantitative estimate of drug-likeness (QED) is 0.580. The van der Waals surface area contributed by atoms with Crippen molar-refractivity contribution in [3.63, 3.8) is 0 Å². The molecule has 0 unspecified atom stereocenters. The molecule has 0 spiro atoms. The van der Waals surface area contributed by atoms with Crippen LogP contribution in [0, 0.1) is 20.8 Å². The number of imidazole rings is 1. The van der Waals surface area contributed by atoms with Gasteiger partial charge in [-0.1, -0.05) is 12.1 Å². The summed E-state index contributed by atoms with van der Waals surface area (Å²) in [4.78, 5) is 30.9. The molecule has 0 radical (unpaired) electrons. The number of para-hydroxylation sites is 2. The molecule has 0 aliphatic carbocycles. The molecule has 7 heteroatoms. The van der Waals surface area contributed by atoms with Crippen molar-refractivity contribution in [2.24, 2.45) is 0 Å². The number of fused-ring (bicyclic) bond motifs is 2. The Labute approximate surface area is 154 Å². The predicted octanol–water partition coefficient (Wildman–Crippen LogP) is 3.47. The first-order valence-electron chi connectivity index (χ1n) is 8.49. The molecule has 3 aromatic heterocycles. The lowest BCUT2D eigenvalue weighted by atomic mass is 10.1. The van der Waals surface area contributed by atoms with Crippen LogP contribution in [-0.4, -0.2) is 32.4 Å². The molecule has 132 valence electrons. The summed E-state index contributed by atoms with van der Waals surface area (Å²) in [5.41, 5.74) is 3.82. The van der Waals surface area contributed by atoms with Gasteiger partial charge in [0, 0.05) is 24.0 Å². The molecule has 0 saturated heterocycles. The van der Waals surface area contributed by atoms with Crippen LogP contribution in [0.15, 0.2) is 24.3 Å². The molecule has 6 nitrogen and oxygen atoms in total. The van der Waals surface area contributed by atoms with Crippen LogP contribution in [0.3, 0.4) is 0 Å². The molecule has 4 aromatic rings. The summed E-state index contributed by atoms with van der Waals surface area (Å²) in [5.74, 6) is 1.53. The second-order valence-corrected chi connectivity index (χ2v) is 7.30. The Morgan fingerprint density at radius 3 is 2.77 bits per heavy atom. The number of thiophene rings is 1. The topological polar surface area (TPSA) is 83.6 Å². The molecule has 1 aromatic carbocycles. The molecular formula is C19H19N5OS. The second kappa shape index (κ2) is 6.49. The molecule has 3 heterocycles. The number of hydrogen-bond donors (Lipinski definition) is 2. The first-order valence-corrected chi connectivity index (χ1v) is 9.30. The van der Waals surface area contributed by atoms with E-state index in [9.17, 15) is 4.79 Å². The minimum Gasteiger partial charge on any atom is -0.351 e. The van der Waals surface area contributed by atoms with E-state index in [1.807, 2.05) is 45.0 Å². The fourth-order valence-corrected chi connectivity index (χ4v) is 4.38. The fourth-order valence-electron chi connectivity index (χ4n) is 3.19.